The monoisotopic (exact) mass is 326 g/mol. The molecule has 22 heavy (non-hydrogen) atoms. The van der Waals surface area contributed by atoms with Crippen molar-refractivity contribution >= 4 is 34.8 Å². The van der Waals surface area contributed by atoms with Crippen molar-refractivity contribution in [2.24, 2.45) is 0 Å². The Morgan fingerprint density at radius 2 is 2.09 bits per heavy atom. The highest BCUT2D eigenvalue weighted by atomic mass is 32.1. The maximum atomic E-state index is 11.8. The predicted molar refractivity (Wildman–Crippen MR) is 80.9 cm³/mol. The highest BCUT2D eigenvalue weighted by molar-refractivity contribution is 7.80. The Bertz CT molecular complexity index is 593. The summed E-state index contributed by atoms with van der Waals surface area (Å²) in [6, 6.07) is 5.17. The van der Waals surface area contributed by atoms with Crippen molar-refractivity contribution in [3.05, 3.63) is 39.9 Å². The van der Waals surface area contributed by atoms with Crippen molar-refractivity contribution < 1.29 is 19.2 Å². The molecule has 1 rings (SSSR count). The minimum Gasteiger partial charge on any atom is -0.372 e. The zero-order chi connectivity index (χ0) is 16.5. The number of nitrogens with one attached hydrogen (secondary N) is 3. The second-order valence-corrected chi connectivity index (χ2v) is 4.31. The van der Waals surface area contributed by atoms with E-state index in [9.17, 15) is 19.7 Å². The number of non-ortho nitro benzene ring substituents is 1. The topological polar surface area (TPSA) is 123 Å². The largest absolute Gasteiger partial charge is 0.372 e. The fourth-order valence-electron chi connectivity index (χ4n) is 1.32. The van der Waals surface area contributed by atoms with E-state index >= 15 is 0 Å². The lowest BCUT2D eigenvalue weighted by atomic mass is 10.2. The lowest BCUT2D eigenvalue weighted by Gasteiger charge is -2.10. The molecule has 0 fully saturated rings. The van der Waals surface area contributed by atoms with Crippen LogP contribution in [0, 0.1) is 10.1 Å². The van der Waals surface area contributed by atoms with Crippen LogP contribution in [-0.4, -0.2) is 35.1 Å². The summed E-state index contributed by atoms with van der Waals surface area (Å²) in [5.74, 6) is -1.10. The summed E-state index contributed by atoms with van der Waals surface area (Å²) in [5, 5.41) is 12.8. The molecule has 2 amide bonds. The molecule has 0 bridgehead atoms. The molecule has 0 aliphatic heterocycles. The van der Waals surface area contributed by atoms with Gasteiger partial charge in [0.2, 0.25) is 0 Å². The van der Waals surface area contributed by atoms with E-state index in [-0.39, 0.29) is 23.0 Å². The highest BCUT2D eigenvalue weighted by Crippen LogP contribution is 2.12. The minimum absolute atomic E-state index is 0.0685. The summed E-state index contributed by atoms with van der Waals surface area (Å²) in [4.78, 5) is 33.1. The average molecular weight is 326 g/mol. The number of hydrogen-bond donors (Lipinski definition) is 3. The number of hydrogen-bond acceptors (Lipinski definition) is 6. The van der Waals surface area contributed by atoms with E-state index in [1.807, 2.05) is 0 Å². The standard InChI is InChI=1S/C12H14N4O5S/c1-2-21-7-10(17)14-15-12(22)13-11(18)8-4-3-5-9(6-8)16(19)20/h3-6H,2,7H2,1H3,(H,14,17)(H2,13,15,18,22). The van der Waals surface area contributed by atoms with E-state index in [2.05, 4.69) is 16.2 Å². The van der Waals surface area contributed by atoms with Gasteiger partial charge in [-0.1, -0.05) is 6.07 Å². The number of nitro groups is 1. The third-order valence-corrected chi connectivity index (χ3v) is 2.50. The van der Waals surface area contributed by atoms with Crippen molar-refractivity contribution in [1.82, 2.24) is 16.2 Å². The number of nitrogens with zero attached hydrogens (tertiary/aromatic N) is 1. The van der Waals surface area contributed by atoms with Crippen molar-refractivity contribution in [3.8, 4) is 0 Å². The lowest BCUT2D eigenvalue weighted by molar-refractivity contribution is -0.384. The van der Waals surface area contributed by atoms with Gasteiger partial charge in [-0.05, 0) is 25.2 Å². The Labute approximate surface area is 131 Å². The number of thiocarbonyl (C=S) groups is 1. The van der Waals surface area contributed by atoms with E-state index in [1.165, 1.54) is 18.2 Å². The molecule has 1 aromatic carbocycles. The predicted octanol–water partition coefficient (Wildman–Crippen LogP) is 0.267. The first-order chi connectivity index (χ1) is 10.4. The SMILES string of the molecule is CCOCC(=O)NNC(=S)NC(=O)c1cccc([N+](=O)[O-])c1. The van der Waals surface area contributed by atoms with Crippen molar-refractivity contribution in [2.75, 3.05) is 13.2 Å². The van der Waals surface area contributed by atoms with Gasteiger partial charge in [0.05, 0.1) is 4.92 Å². The van der Waals surface area contributed by atoms with Gasteiger partial charge in [0.1, 0.15) is 6.61 Å². The Balaban J connectivity index is 2.50. The van der Waals surface area contributed by atoms with Gasteiger partial charge >= 0.3 is 0 Å². The molecule has 0 atom stereocenters. The molecule has 1 aromatic rings. The van der Waals surface area contributed by atoms with Crippen LogP contribution in [0.2, 0.25) is 0 Å². The van der Waals surface area contributed by atoms with Gasteiger partial charge in [0, 0.05) is 24.3 Å². The molecule has 0 saturated carbocycles. The zero-order valence-electron chi connectivity index (χ0n) is 11.6. The number of ether oxygens (including phenoxy) is 1. The second kappa shape index (κ2) is 8.64. The molecule has 118 valence electrons. The maximum absolute atomic E-state index is 11.8. The highest BCUT2D eigenvalue weighted by Gasteiger charge is 2.12. The summed E-state index contributed by atoms with van der Waals surface area (Å²) in [5.41, 5.74) is 4.40. The van der Waals surface area contributed by atoms with Gasteiger partial charge in [-0.15, -0.1) is 0 Å². The molecule has 0 spiro atoms. The molecule has 0 aliphatic rings. The number of carbonyl (C=O) groups excluding carboxylic acids is 2. The van der Waals surface area contributed by atoms with Gasteiger partial charge < -0.3 is 4.74 Å². The van der Waals surface area contributed by atoms with Crippen molar-refractivity contribution in [2.45, 2.75) is 6.92 Å². The fourth-order valence-corrected chi connectivity index (χ4v) is 1.47. The molecule has 0 unspecified atom stereocenters. The number of benzene rings is 1. The van der Waals surface area contributed by atoms with Crippen molar-refractivity contribution in [1.29, 1.82) is 0 Å². The first kappa shape index (κ1) is 17.5. The Morgan fingerprint density at radius 1 is 1.36 bits per heavy atom. The Kier molecular flexibility index (Phi) is 6.86. The summed E-state index contributed by atoms with van der Waals surface area (Å²) in [7, 11) is 0. The average Bonchev–Trinajstić information content (AvgIpc) is 2.50. The molecule has 9 nitrogen and oxygen atoms in total. The van der Waals surface area contributed by atoms with Crippen LogP contribution in [0.1, 0.15) is 17.3 Å². The van der Waals surface area contributed by atoms with Gasteiger partial charge in [0.15, 0.2) is 5.11 Å². The molecular formula is C12H14N4O5S. The fraction of sp³-hybridized carbons (Fsp3) is 0.250. The molecule has 10 heteroatoms. The summed E-state index contributed by atoms with van der Waals surface area (Å²) in [6.45, 7) is 1.98. The van der Waals surface area contributed by atoms with E-state index < -0.39 is 16.7 Å². The molecule has 0 aromatic heterocycles. The Morgan fingerprint density at radius 3 is 2.73 bits per heavy atom. The normalized spacial score (nSPS) is 9.68. The minimum atomic E-state index is -0.639. The summed E-state index contributed by atoms with van der Waals surface area (Å²) in [6.07, 6.45) is 0. The number of hydrazine groups is 1. The summed E-state index contributed by atoms with van der Waals surface area (Å²) < 4.78 is 4.87. The lowest BCUT2D eigenvalue weighted by Crippen LogP contribution is -2.49. The molecule has 0 aliphatic carbocycles. The summed E-state index contributed by atoms with van der Waals surface area (Å²) >= 11 is 4.81. The van der Waals surface area contributed by atoms with Crippen LogP contribution in [0.15, 0.2) is 24.3 Å². The van der Waals surface area contributed by atoms with Gasteiger partial charge in [-0.2, -0.15) is 0 Å². The second-order valence-electron chi connectivity index (χ2n) is 3.90. The number of nitro benzene ring substituents is 1. The maximum Gasteiger partial charge on any atom is 0.270 e. The smallest absolute Gasteiger partial charge is 0.270 e. The zero-order valence-corrected chi connectivity index (χ0v) is 12.4. The van der Waals surface area contributed by atoms with Crippen LogP contribution < -0.4 is 16.2 Å². The first-order valence-corrected chi connectivity index (χ1v) is 6.57. The molecule has 3 N–H and O–H groups in total. The van der Waals surface area contributed by atoms with Gasteiger partial charge in [0.25, 0.3) is 17.5 Å². The Hall–Kier alpha value is -2.59. The van der Waals surface area contributed by atoms with Gasteiger partial charge in [-0.25, -0.2) is 0 Å². The third kappa shape index (κ3) is 5.81. The quantitative estimate of drug-likeness (QED) is 0.403. The van der Waals surface area contributed by atoms with Crippen LogP contribution in [0.25, 0.3) is 0 Å². The van der Waals surface area contributed by atoms with Crippen LogP contribution in [0.5, 0.6) is 0 Å². The van der Waals surface area contributed by atoms with Crippen LogP contribution in [0.3, 0.4) is 0 Å². The number of rotatable bonds is 5. The van der Waals surface area contributed by atoms with E-state index in [0.717, 1.165) is 6.07 Å². The third-order valence-electron chi connectivity index (χ3n) is 2.30. The molecule has 0 heterocycles. The van der Waals surface area contributed by atoms with Crippen LogP contribution in [0.4, 0.5) is 5.69 Å². The first-order valence-electron chi connectivity index (χ1n) is 6.16. The molecule has 0 saturated heterocycles. The van der Waals surface area contributed by atoms with Crippen LogP contribution in [-0.2, 0) is 9.53 Å². The van der Waals surface area contributed by atoms with E-state index in [4.69, 9.17) is 17.0 Å². The van der Waals surface area contributed by atoms with Gasteiger partial charge in [-0.3, -0.25) is 35.9 Å². The number of amides is 2. The van der Waals surface area contributed by atoms with Crippen LogP contribution >= 0.6 is 12.2 Å². The van der Waals surface area contributed by atoms with E-state index in [1.54, 1.807) is 6.92 Å². The van der Waals surface area contributed by atoms with E-state index in [0.29, 0.717) is 6.61 Å². The molecule has 0 radical (unpaired) electrons. The molecular weight excluding hydrogens is 312 g/mol. The number of carbonyl (C=O) groups is 2. The van der Waals surface area contributed by atoms with Crippen molar-refractivity contribution in [3.63, 3.8) is 0 Å².